The summed E-state index contributed by atoms with van der Waals surface area (Å²) in [5.74, 6) is -1.54. The van der Waals surface area contributed by atoms with Gasteiger partial charge in [-0.05, 0) is 24.4 Å². The highest BCUT2D eigenvalue weighted by Gasteiger charge is 2.19. The van der Waals surface area contributed by atoms with E-state index in [9.17, 15) is 9.59 Å². The first-order valence-electron chi connectivity index (χ1n) is 6.71. The standard InChI is InChI=1S/C15H18N2O4/c1-10-8-11-4-2-3-5-13(11)17(10)9-14(19)16-12(6-7-18)15(20)21/h2-5,8,12,18H,6-7,9H2,1H3,(H,16,19)(H,20,21)/t12-/m0/s1. The zero-order valence-electron chi connectivity index (χ0n) is 11.7. The van der Waals surface area contributed by atoms with E-state index in [1.54, 1.807) is 0 Å². The molecular weight excluding hydrogens is 272 g/mol. The number of hydrogen-bond acceptors (Lipinski definition) is 3. The lowest BCUT2D eigenvalue weighted by atomic mass is 10.2. The van der Waals surface area contributed by atoms with Crippen LogP contribution in [0.25, 0.3) is 10.9 Å². The average Bonchev–Trinajstić information content (AvgIpc) is 2.75. The van der Waals surface area contributed by atoms with Gasteiger partial charge in [-0.15, -0.1) is 0 Å². The third-order valence-electron chi connectivity index (χ3n) is 3.37. The normalized spacial score (nSPS) is 12.3. The van der Waals surface area contributed by atoms with Crippen molar-refractivity contribution in [3.63, 3.8) is 0 Å². The molecule has 3 N–H and O–H groups in total. The van der Waals surface area contributed by atoms with Crippen LogP contribution >= 0.6 is 0 Å². The molecule has 0 spiro atoms. The number of rotatable bonds is 6. The number of aryl methyl sites for hydroxylation is 1. The Morgan fingerprint density at radius 2 is 2.05 bits per heavy atom. The maximum atomic E-state index is 12.0. The van der Waals surface area contributed by atoms with Crippen molar-refractivity contribution in [1.29, 1.82) is 0 Å². The molecular formula is C15H18N2O4. The average molecular weight is 290 g/mol. The highest BCUT2D eigenvalue weighted by atomic mass is 16.4. The van der Waals surface area contributed by atoms with Gasteiger partial charge in [-0.3, -0.25) is 4.79 Å². The summed E-state index contributed by atoms with van der Waals surface area (Å²) in [7, 11) is 0. The molecule has 6 nitrogen and oxygen atoms in total. The van der Waals surface area contributed by atoms with Crippen molar-refractivity contribution in [2.75, 3.05) is 6.61 Å². The van der Waals surface area contributed by atoms with Crippen LogP contribution in [0.3, 0.4) is 0 Å². The molecule has 2 rings (SSSR count). The molecule has 0 unspecified atom stereocenters. The van der Waals surface area contributed by atoms with Crippen molar-refractivity contribution in [3.8, 4) is 0 Å². The molecule has 112 valence electrons. The fraction of sp³-hybridized carbons (Fsp3) is 0.333. The Morgan fingerprint density at radius 1 is 1.33 bits per heavy atom. The molecule has 0 saturated carbocycles. The summed E-state index contributed by atoms with van der Waals surface area (Å²) in [6.45, 7) is 1.66. The molecule has 2 aromatic rings. The number of benzene rings is 1. The summed E-state index contributed by atoms with van der Waals surface area (Å²) in [5, 5.41) is 21.3. The van der Waals surface area contributed by atoms with Crippen molar-refractivity contribution >= 4 is 22.8 Å². The number of carbonyl (C=O) groups is 2. The number of carbonyl (C=O) groups excluding carboxylic acids is 1. The van der Waals surface area contributed by atoms with Gasteiger partial charge in [-0.2, -0.15) is 0 Å². The van der Waals surface area contributed by atoms with Gasteiger partial charge in [-0.1, -0.05) is 18.2 Å². The van der Waals surface area contributed by atoms with Crippen molar-refractivity contribution < 1.29 is 19.8 Å². The molecule has 1 heterocycles. The highest BCUT2D eigenvalue weighted by molar-refractivity contribution is 5.86. The molecule has 0 saturated heterocycles. The minimum atomic E-state index is -1.15. The van der Waals surface area contributed by atoms with Gasteiger partial charge in [-0.25, -0.2) is 4.79 Å². The van der Waals surface area contributed by atoms with Crippen molar-refractivity contribution in [2.45, 2.75) is 25.9 Å². The molecule has 0 aliphatic heterocycles. The third-order valence-corrected chi connectivity index (χ3v) is 3.37. The lowest BCUT2D eigenvalue weighted by molar-refractivity contribution is -0.142. The molecule has 6 heteroatoms. The zero-order chi connectivity index (χ0) is 15.4. The number of nitrogens with one attached hydrogen (secondary N) is 1. The van der Waals surface area contributed by atoms with Crippen LogP contribution in [0.4, 0.5) is 0 Å². The second-order valence-electron chi connectivity index (χ2n) is 4.90. The van der Waals surface area contributed by atoms with E-state index in [0.717, 1.165) is 16.6 Å². The summed E-state index contributed by atoms with van der Waals surface area (Å²) in [5.41, 5.74) is 1.86. The number of aromatic nitrogens is 1. The first-order valence-corrected chi connectivity index (χ1v) is 6.71. The molecule has 1 aromatic carbocycles. The first-order chi connectivity index (χ1) is 10.0. The quantitative estimate of drug-likeness (QED) is 0.737. The van der Waals surface area contributed by atoms with Gasteiger partial charge in [0.1, 0.15) is 12.6 Å². The lowest BCUT2D eigenvalue weighted by Crippen LogP contribution is -2.42. The molecule has 1 amide bonds. The number of para-hydroxylation sites is 1. The van der Waals surface area contributed by atoms with E-state index in [2.05, 4.69) is 5.32 Å². The van der Waals surface area contributed by atoms with Gasteiger partial charge in [0.2, 0.25) is 5.91 Å². The molecule has 1 aromatic heterocycles. The number of fused-ring (bicyclic) bond motifs is 1. The number of hydrogen-bond donors (Lipinski definition) is 3. The van der Waals surface area contributed by atoms with Crippen LogP contribution in [0.15, 0.2) is 30.3 Å². The predicted molar refractivity (Wildman–Crippen MR) is 77.9 cm³/mol. The van der Waals surface area contributed by atoms with Gasteiger partial charge in [0.05, 0.1) is 0 Å². The number of carboxylic acids is 1. The van der Waals surface area contributed by atoms with E-state index in [-0.39, 0.29) is 25.5 Å². The fourth-order valence-electron chi connectivity index (χ4n) is 2.33. The summed E-state index contributed by atoms with van der Waals surface area (Å²) in [4.78, 5) is 23.0. The Morgan fingerprint density at radius 3 is 2.71 bits per heavy atom. The number of amides is 1. The minimum Gasteiger partial charge on any atom is -0.480 e. The molecule has 0 aliphatic carbocycles. The molecule has 0 radical (unpaired) electrons. The van der Waals surface area contributed by atoms with Crippen LogP contribution in [0.5, 0.6) is 0 Å². The number of nitrogens with zero attached hydrogens (tertiary/aromatic N) is 1. The summed E-state index contributed by atoms with van der Waals surface area (Å²) in [6, 6.07) is 8.60. The van der Waals surface area contributed by atoms with Crippen LogP contribution in [-0.4, -0.2) is 39.3 Å². The number of carboxylic acid groups (broad SMARTS) is 1. The summed E-state index contributed by atoms with van der Waals surface area (Å²) < 4.78 is 1.84. The molecule has 0 fully saturated rings. The van der Waals surface area contributed by atoms with Crippen molar-refractivity contribution in [2.24, 2.45) is 0 Å². The van der Waals surface area contributed by atoms with Crippen LogP contribution in [0, 0.1) is 6.92 Å². The van der Waals surface area contributed by atoms with Crippen molar-refractivity contribution in [3.05, 3.63) is 36.0 Å². The van der Waals surface area contributed by atoms with Crippen LogP contribution < -0.4 is 5.32 Å². The Labute approximate surface area is 122 Å². The Hall–Kier alpha value is -2.34. The Bertz CT molecular complexity index is 663. The monoisotopic (exact) mass is 290 g/mol. The number of aliphatic hydroxyl groups is 1. The number of aliphatic hydroxyl groups excluding tert-OH is 1. The van der Waals surface area contributed by atoms with Crippen LogP contribution in [-0.2, 0) is 16.1 Å². The van der Waals surface area contributed by atoms with E-state index in [1.165, 1.54) is 0 Å². The van der Waals surface area contributed by atoms with E-state index in [1.807, 2.05) is 41.8 Å². The van der Waals surface area contributed by atoms with Gasteiger partial charge in [0.15, 0.2) is 0 Å². The van der Waals surface area contributed by atoms with Crippen LogP contribution in [0.2, 0.25) is 0 Å². The Balaban J connectivity index is 2.14. The molecule has 1 atom stereocenters. The predicted octanol–water partition coefficient (Wildman–Crippen LogP) is 0.902. The van der Waals surface area contributed by atoms with E-state index >= 15 is 0 Å². The number of aliphatic carboxylic acids is 1. The van der Waals surface area contributed by atoms with Gasteiger partial charge in [0, 0.05) is 24.2 Å². The molecule has 0 bridgehead atoms. The first kappa shape index (κ1) is 15.1. The fourth-order valence-corrected chi connectivity index (χ4v) is 2.33. The maximum absolute atomic E-state index is 12.0. The SMILES string of the molecule is Cc1cc2ccccc2n1CC(=O)N[C@@H](CCO)C(=O)O. The van der Waals surface area contributed by atoms with Gasteiger partial charge in [0.25, 0.3) is 0 Å². The van der Waals surface area contributed by atoms with Crippen molar-refractivity contribution in [1.82, 2.24) is 9.88 Å². The summed E-state index contributed by atoms with van der Waals surface area (Å²) >= 11 is 0. The second kappa shape index (κ2) is 6.41. The second-order valence-corrected chi connectivity index (χ2v) is 4.90. The highest BCUT2D eigenvalue weighted by Crippen LogP contribution is 2.18. The minimum absolute atomic E-state index is 0.00746. The zero-order valence-corrected chi connectivity index (χ0v) is 11.7. The summed E-state index contributed by atoms with van der Waals surface area (Å²) in [6.07, 6.45) is -0.00746. The molecule has 0 aliphatic rings. The van der Waals surface area contributed by atoms with Gasteiger partial charge >= 0.3 is 5.97 Å². The Kier molecular flexibility index (Phi) is 4.59. The third kappa shape index (κ3) is 3.41. The van der Waals surface area contributed by atoms with E-state index < -0.39 is 12.0 Å². The lowest BCUT2D eigenvalue weighted by Gasteiger charge is -2.14. The molecule has 21 heavy (non-hydrogen) atoms. The van der Waals surface area contributed by atoms with E-state index in [0.29, 0.717) is 0 Å². The van der Waals surface area contributed by atoms with E-state index in [4.69, 9.17) is 10.2 Å². The van der Waals surface area contributed by atoms with Crippen LogP contribution in [0.1, 0.15) is 12.1 Å². The van der Waals surface area contributed by atoms with Gasteiger partial charge < -0.3 is 20.1 Å². The smallest absolute Gasteiger partial charge is 0.326 e. The topological polar surface area (TPSA) is 91.6 Å². The maximum Gasteiger partial charge on any atom is 0.326 e. The largest absolute Gasteiger partial charge is 0.480 e.